The van der Waals surface area contributed by atoms with Crippen LogP contribution < -0.4 is 11.1 Å². The van der Waals surface area contributed by atoms with Crippen molar-refractivity contribution in [3.63, 3.8) is 0 Å². The van der Waals surface area contributed by atoms with Gasteiger partial charge in [0.05, 0.1) is 10.8 Å². The second-order valence-electron chi connectivity index (χ2n) is 12.3. The van der Waals surface area contributed by atoms with Gasteiger partial charge in [0.2, 0.25) is 26.1 Å². The number of esters is 4. The van der Waals surface area contributed by atoms with Crippen molar-refractivity contribution < 1.29 is 52.6 Å². The van der Waals surface area contributed by atoms with Crippen LogP contribution in [0.2, 0.25) is 0 Å². The second kappa shape index (κ2) is 14.5. The van der Waals surface area contributed by atoms with E-state index in [2.05, 4.69) is 22.0 Å². The number of anilines is 1. The number of rotatable bonds is 12. The minimum absolute atomic E-state index is 0.0352. The quantitative estimate of drug-likeness (QED) is 0.0791. The van der Waals surface area contributed by atoms with Gasteiger partial charge in [0.25, 0.3) is 5.91 Å². The summed E-state index contributed by atoms with van der Waals surface area (Å²) in [5.41, 5.74) is 2.55. The maximum Gasteiger partial charge on any atom is 0.349 e. The number of carbonyl (C=O) groups is 6. The average Bonchev–Trinajstić information content (AvgIpc) is 3.41. The zero-order valence-electron chi connectivity index (χ0n) is 26.3. The van der Waals surface area contributed by atoms with E-state index in [1.807, 2.05) is 0 Å². The van der Waals surface area contributed by atoms with Gasteiger partial charge in [-0.25, -0.2) is 9.78 Å². The molecule has 3 N–H and O–H groups in total. The normalized spacial score (nSPS) is 21.2. The van der Waals surface area contributed by atoms with Gasteiger partial charge in [0.1, 0.15) is 22.5 Å². The number of amides is 2. The lowest BCUT2D eigenvalue weighted by Gasteiger charge is -2.53. The number of ether oxygens (including phenoxy) is 4. The highest BCUT2D eigenvalue weighted by molar-refractivity contribution is 8.00. The molecule has 2 fully saturated rings. The highest BCUT2D eigenvalue weighted by Gasteiger charge is 2.57. The van der Waals surface area contributed by atoms with Gasteiger partial charge in [-0.05, 0) is 41.5 Å². The topological polar surface area (TPSA) is 215 Å². The van der Waals surface area contributed by atoms with Crippen LogP contribution in [0.1, 0.15) is 47.2 Å². The third kappa shape index (κ3) is 8.74. The standard InChI is InChI=1S/C28H37N5O11S2/c1-8-28(24(39)43-14-42-23(38)27(5,6)7)11-33-20(36)18(21(33)46-12-28)31-19(35)17(15-10-45-25(29)30-15)32-44-9-16(34)40-13-41-22(37)26(2,3)4/h8,10,18,21H,1,9,11-14H2,2-7H3,(H2,29,30)(H,31,35)/t18?,21-,28?/m1/s1. The third-order valence-corrected chi connectivity index (χ3v) is 8.75. The number of β-lactam (4-membered cyclic amide) rings is 1. The first-order chi connectivity index (χ1) is 21.4. The minimum atomic E-state index is -1.27. The summed E-state index contributed by atoms with van der Waals surface area (Å²) in [7, 11) is 0. The summed E-state index contributed by atoms with van der Waals surface area (Å²) < 4.78 is 19.8. The lowest BCUT2D eigenvalue weighted by molar-refractivity contribution is -0.179. The molecule has 2 amide bonds. The Balaban J connectivity index is 1.59. The van der Waals surface area contributed by atoms with Gasteiger partial charge in [-0.2, -0.15) is 0 Å². The number of thioether (sulfide) groups is 1. The lowest BCUT2D eigenvalue weighted by Crippen LogP contribution is -2.73. The molecule has 18 heteroatoms. The molecule has 2 aliphatic heterocycles. The third-order valence-electron chi connectivity index (χ3n) is 6.52. The summed E-state index contributed by atoms with van der Waals surface area (Å²) >= 11 is 2.25. The van der Waals surface area contributed by atoms with Crippen LogP contribution in [0.5, 0.6) is 0 Å². The Morgan fingerprint density at radius 1 is 1.09 bits per heavy atom. The van der Waals surface area contributed by atoms with Crippen molar-refractivity contribution in [2.45, 2.75) is 53.0 Å². The molecule has 46 heavy (non-hydrogen) atoms. The van der Waals surface area contributed by atoms with Crippen LogP contribution in [0.3, 0.4) is 0 Å². The summed E-state index contributed by atoms with van der Waals surface area (Å²) in [6.45, 7) is 11.6. The molecule has 16 nitrogen and oxygen atoms in total. The van der Waals surface area contributed by atoms with Crippen LogP contribution in [0.4, 0.5) is 5.13 Å². The fourth-order valence-corrected chi connectivity index (χ4v) is 5.87. The number of thiazole rings is 1. The summed E-state index contributed by atoms with van der Waals surface area (Å²) in [6.07, 6.45) is 1.39. The number of nitrogens with two attached hydrogens (primary N) is 1. The molecule has 0 aromatic carbocycles. The number of oxime groups is 1. The molecule has 2 saturated heterocycles. The van der Waals surface area contributed by atoms with Crippen molar-refractivity contribution in [2.75, 3.05) is 38.2 Å². The maximum atomic E-state index is 13.2. The van der Waals surface area contributed by atoms with Crippen molar-refractivity contribution in [1.29, 1.82) is 0 Å². The van der Waals surface area contributed by atoms with Gasteiger partial charge in [-0.3, -0.25) is 24.0 Å². The molecule has 1 aromatic rings. The van der Waals surface area contributed by atoms with Crippen molar-refractivity contribution in [3.8, 4) is 0 Å². The van der Waals surface area contributed by atoms with Crippen molar-refractivity contribution in [2.24, 2.45) is 21.4 Å². The fraction of sp³-hybridized carbons (Fsp3) is 0.571. The van der Waals surface area contributed by atoms with E-state index < -0.39 is 83.5 Å². The van der Waals surface area contributed by atoms with E-state index in [1.165, 1.54) is 28.1 Å². The van der Waals surface area contributed by atoms with Crippen LogP contribution in [0.25, 0.3) is 0 Å². The average molecular weight is 684 g/mol. The van der Waals surface area contributed by atoms with Gasteiger partial charge in [0.15, 0.2) is 10.8 Å². The number of hydrogen-bond donors (Lipinski definition) is 2. The molecule has 0 bridgehead atoms. The molecule has 1 aromatic heterocycles. The molecule has 0 aliphatic carbocycles. The Labute approximate surface area is 273 Å². The maximum absolute atomic E-state index is 13.2. The molecule has 2 aliphatic rings. The predicted molar refractivity (Wildman–Crippen MR) is 165 cm³/mol. The highest BCUT2D eigenvalue weighted by atomic mass is 32.2. The molecule has 3 rings (SSSR count). The fourth-order valence-electron chi connectivity index (χ4n) is 3.79. The molecule has 2 unspecified atom stereocenters. The molecular formula is C28H37N5O11S2. The number of nitrogen functional groups attached to an aromatic ring is 1. The second-order valence-corrected chi connectivity index (χ2v) is 14.3. The van der Waals surface area contributed by atoms with E-state index in [-0.39, 0.29) is 28.8 Å². The Kier molecular flexibility index (Phi) is 11.4. The van der Waals surface area contributed by atoms with Gasteiger partial charge in [-0.15, -0.1) is 29.7 Å². The zero-order chi connectivity index (χ0) is 34.4. The van der Waals surface area contributed by atoms with E-state index in [1.54, 1.807) is 41.5 Å². The molecule has 252 valence electrons. The SMILES string of the molecule is C=CC1(C(=O)OCOC(=O)C(C)(C)C)CS[C@@H]2C(NC(=O)C(=NOCC(=O)OCOC(=O)C(C)(C)C)c3csc(N)n3)C(=O)N2C1. The summed E-state index contributed by atoms with van der Waals surface area (Å²) in [6, 6.07) is -0.979. The van der Waals surface area contributed by atoms with Gasteiger partial charge >= 0.3 is 23.9 Å². The zero-order valence-corrected chi connectivity index (χ0v) is 27.9. The molecular weight excluding hydrogens is 646 g/mol. The molecule has 0 spiro atoms. The Morgan fingerprint density at radius 3 is 2.24 bits per heavy atom. The molecule has 0 saturated carbocycles. The predicted octanol–water partition coefficient (Wildman–Crippen LogP) is 1.20. The monoisotopic (exact) mass is 683 g/mol. The summed E-state index contributed by atoms with van der Waals surface area (Å²) in [5.74, 6) is -3.91. The van der Waals surface area contributed by atoms with E-state index in [0.29, 0.717) is 0 Å². The van der Waals surface area contributed by atoms with Crippen LogP contribution in [0, 0.1) is 16.2 Å². The minimum Gasteiger partial charge on any atom is -0.427 e. The number of fused-ring (bicyclic) bond motifs is 1. The van der Waals surface area contributed by atoms with Crippen LogP contribution in [-0.4, -0.2) is 95.2 Å². The van der Waals surface area contributed by atoms with Crippen molar-refractivity contribution in [3.05, 3.63) is 23.7 Å². The first kappa shape index (κ1) is 36.3. The number of nitrogens with one attached hydrogen (secondary N) is 1. The van der Waals surface area contributed by atoms with E-state index in [4.69, 9.17) is 29.5 Å². The number of aromatic nitrogens is 1. The Bertz CT molecular complexity index is 1410. The van der Waals surface area contributed by atoms with Gasteiger partial charge < -0.3 is 39.7 Å². The van der Waals surface area contributed by atoms with Crippen molar-refractivity contribution in [1.82, 2.24) is 15.2 Å². The van der Waals surface area contributed by atoms with E-state index in [0.717, 1.165) is 11.3 Å². The molecule has 3 atom stereocenters. The summed E-state index contributed by atoms with van der Waals surface area (Å²) in [4.78, 5) is 85.5. The van der Waals surface area contributed by atoms with E-state index >= 15 is 0 Å². The van der Waals surface area contributed by atoms with Crippen LogP contribution in [0.15, 0.2) is 23.2 Å². The van der Waals surface area contributed by atoms with Crippen LogP contribution in [-0.2, 0) is 52.6 Å². The van der Waals surface area contributed by atoms with Crippen molar-refractivity contribution >= 4 is 69.6 Å². The van der Waals surface area contributed by atoms with E-state index in [9.17, 15) is 28.8 Å². The molecule has 3 heterocycles. The first-order valence-corrected chi connectivity index (χ1v) is 15.8. The smallest absolute Gasteiger partial charge is 0.349 e. The Morgan fingerprint density at radius 2 is 1.70 bits per heavy atom. The number of nitrogens with zero attached hydrogens (tertiary/aromatic N) is 3. The Hall–Kier alpha value is -4.19. The largest absolute Gasteiger partial charge is 0.427 e. The molecule has 0 radical (unpaired) electrons. The number of hydrogen-bond acceptors (Lipinski definition) is 16. The highest BCUT2D eigenvalue weighted by Crippen LogP contribution is 2.43. The first-order valence-electron chi connectivity index (χ1n) is 13.8. The number of carbonyl (C=O) groups excluding carboxylic acids is 6. The summed E-state index contributed by atoms with van der Waals surface area (Å²) in [5, 5.41) is 7.37. The lowest BCUT2D eigenvalue weighted by atomic mass is 9.87. The van der Waals surface area contributed by atoms with Gasteiger partial charge in [-0.1, -0.05) is 11.2 Å². The van der Waals surface area contributed by atoms with Crippen LogP contribution >= 0.6 is 23.1 Å². The van der Waals surface area contributed by atoms with Gasteiger partial charge in [0, 0.05) is 17.7 Å².